The Morgan fingerprint density at radius 2 is 2.13 bits per heavy atom. The third-order valence-corrected chi connectivity index (χ3v) is 4.16. The molecule has 0 aromatic carbocycles. The zero-order valence-electron chi connectivity index (χ0n) is 8.27. The number of Topliss-reactive ketones (excluding diaryl/α,β-unsaturated/α-hetero) is 1. The van der Waals surface area contributed by atoms with Gasteiger partial charge in [-0.3, -0.25) is 9.35 Å². The number of carbonyl (C=O) groups excluding carboxylic acids is 1. The number of hydrogen-bond acceptors (Lipinski definition) is 3. The lowest BCUT2D eigenvalue weighted by molar-refractivity contribution is -0.118. The van der Waals surface area contributed by atoms with Crippen molar-refractivity contribution >= 4 is 27.5 Å². The number of carbonyl (C=O) groups is 1. The Balaban J connectivity index is 3.33. The summed E-state index contributed by atoms with van der Waals surface area (Å²) < 4.78 is 31.1. The molecule has 2 unspecified atom stereocenters. The summed E-state index contributed by atoms with van der Waals surface area (Å²) in [6, 6.07) is 0. The van der Waals surface area contributed by atoms with Gasteiger partial charge in [0.2, 0.25) is 0 Å². The second-order valence-corrected chi connectivity index (χ2v) is 5.67. The average molecular weight is 251 g/mol. The zero-order valence-corrected chi connectivity index (χ0v) is 9.84. The van der Waals surface area contributed by atoms with Crippen LogP contribution in [0.15, 0.2) is 23.8 Å². The Morgan fingerprint density at radius 1 is 1.60 bits per heavy atom. The fourth-order valence-corrected chi connectivity index (χ4v) is 2.99. The van der Waals surface area contributed by atoms with Crippen LogP contribution < -0.4 is 0 Å². The van der Waals surface area contributed by atoms with Gasteiger partial charge in [0.25, 0.3) is 10.1 Å². The first-order valence-electron chi connectivity index (χ1n) is 4.22. The van der Waals surface area contributed by atoms with Gasteiger partial charge in [-0.05, 0) is 13.8 Å². The standard InChI is InChI=1S/C9H11ClO4S/c1-6-3-4-8(15(12,13)14)9(10,5-6)7(2)11/h3-5,8H,1-2H3,(H,12,13,14). The molecule has 1 N–H and O–H groups in total. The molecular formula is C9H11ClO4S. The van der Waals surface area contributed by atoms with E-state index in [4.69, 9.17) is 16.2 Å². The van der Waals surface area contributed by atoms with Crippen molar-refractivity contribution in [2.45, 2.75) is 24.0 Å². The number of ketones is 1. The lowest BCUT2D eigenvalue weighted by Crippen LogP contribution is -2.46. The van der Waals surface area contributed by atoms with Crippen molar-refractivity contribution in [3.8, 4) is 0 Å². The largest absolute Gasteiger partial charge is 0.298 e. The number of rotatable bonds is 2. The Morgan fingerprint density at radius 3 is 2.53 bits per heavy atom. The highest BCUT2D eigenvalue weighted by molar-refractivity contribution is 7.86. The van der Waals surface area contributed by atoms with E-state index in [1.54, 1.807) is 6.92 Å². The maximum Gasteiger partial charge on any atom is 0.273 e. The van der Waals surface area contributed by atoms with Crippen LogP contribution in [-0.2, 0) is 14.9 Å². The molecule has 4 nitrogen and oxygen atoms in total. The summed E-state index contributed by atoms with van der Waals surface area (Å²) in [7, 11) is -4.39. The Kier molecular flexibility index (Phi) is 3.09. The molecule has 0 aliphatic heterocycles. The van der Waals surface area contributed by atoms with Crippen LogP contribution in [0.2, 0.25) is 0 Å². The van der Waals surface area contributed by atoms with Crippen LogP contribution in [0.25, 0.3) is 0 Å². The number of halogens is 1. The summed E-state index contributed by atoms with van der Waals surface area (Å²) in [5.74, 6) is -0.518. The monoisotopic (exact) mass is 250 g/mol. The van der Waals surface area contributed by atoms with Crippen LogP contribution in [0.5, 0.6) is 0 Å². The number of allylic oxidation sites excluding steroid dienone is 3. The summed E-state index contributed by atoms with van der Waals surface area (Å²) in [4.78, 5) is 9.64. The molecule has 0 saturated carbocycles. The molecule has 0 radical (unpaired) electrons. The Hall–Kier alpha value is -0.650. The smallest absolute Gasteiger partial charge is 0.273 e. The van der Waals surface area contributed by atoms with Crippen LogP contribution in [0, 0.1) is 0 Å². The normalized spacial score (nSPS) is 31.2. The van der Waals surface area contributed by atoms with Crippen molar-refractivity contribution in [1.82, 2.24) is 0 Å². The van der Waals surface area contributed by atoms with Crippen molar-refractivity contribution in [3.63, 3.8) is 0 Å². The quantitative estimate of drug-likeness (QED) is 0.593. The molecule has 0 heterocycles. The minimum atomic E-state index is -4.39. The summed E-state index contributed by atoms with van der Waals surface area (Å²) in [6.45, 7) is 2.88. The maximum atomic E-state index is 11.3. The van der Waals surface area contributed by atoms with E-state index in [-0.39, 0.29) is 0 Å². The molecule has 84 valence electrons. The van der Waals surface area contributed by atoms with E-state index in [9.17, 15) is 13.2 Å². The molecule has 0 saturated heterocycles. The van der Waals surface area contributed by atoms with E-state index >= 15 is 0 Å². The molecule has 0 aromatic rings. The van der Waals surface area contributed by atoms with Gasteiger partial charge < -0.3 is 0 Å². The summed E-state index contributed by atoms with van der Waals surface area (Å²) in [5, 5.41) is -1.42. The van der Waals surface area contributed by atoms with E-state index < -0.39 is 26.0 Å². The summed E-state index contributed by atoms with van der Waals surface area (Å²) in [5.41, 5.74) is 0.681. The van der Waals surface area contributed by atoms with Crippen molar-refractivity contribution in [3.05, 3.63) is 23.8 Å². The molecule has 2 atom stereocenters. The molecule has 0 bridgehead atoms. The van der Waals surface area contributed by atoms with Crippen molar-refractivity contribution in [1.29, 1.82) is 0 Å². The van der Waals surface area contributed by atoms with E-state index in [1.165, 1.54) is 25.2 Å². The van der Waals surface area contributed by atoms with Gasteiger partial charge in [-0.15, -0.1) is 11.6 Å². The number of hydrogen-bond donors (Lipinski definition) is 1. The maximum absolute atomic E-state index is 11.3. The predicted molar refractivity (Wildman–Crippen MR) is 57.5 cm³/mol. The number of alkyl halides is 1. The molecule has 15 heavy (non-hydrogen) atoms. The Labute approximate surface area is 93.4 Å². The molecule has 6 heteroatoms. The summed E-state index contributed by atoms with van der Waals surface area (Å²) in [6.07, 6.45) is 4.07. The minimum Gasteiger partial charge on any atom is -0.298 e. The predicted octanol–water partition coefficient (Wildman–Crippen LogP) is 1.33. The molecule has 0 fully saturated rings. The van der Waals surface area contributed by atoms with Crippen molar-refractivity contribution < 1.29 is 17.8 Å². The van der Waals surface area contributed by atoms with Crippen LogP contribution in [-0.4, -0.2) is 28.9 Å². The Bertz CT molecular complexity index is 449. The zero-order chi connectivity index (χ0) is 11.9. The van der Waals surface area contributed by atoms with Gasteiger partial charge in [0.15, 0.2) is 5.78 Å². The highest BCUT2D eigenvalue weighted by Gasteiger charge is 2.46. The summed E-state index contributed by atoms with van der Waals surface area (Å²) >= 11 is 5.94. The lowest BCUT2D eigenvalue weighted by Gasteiger charge is -2.29. The minimum absolute atomic E-state index is 0.518. The second kappa shape index (κ2) is 3.73. The van der Waals surface area contributed by atoms with Gasteiger partial charge in [0.05, 0.1) is 0 Å². The van der Waals surface area contributed by atoms with Crippen LogP contribution in [0.3, 0.4) is 0 Å². The van der Waals surface area contributed by atoms with Crippen molar-refractivity contribution in [2.24, 2.45) is 0 Å². The van der Waals surface area contributed by atoms with Gasteiger partial charge >= 0.3 is 0 Å². The van der Waals surface area contributed by atoms with Crippen LogP contribution in [0.1, 0.15) is 13.8 Å². The first kappa shape index (κ1) is 12.4. The van der Waals surface area contributed by atoms with Gasteiger partial charge in [0.1, 0.15) is 10.1 Å². The third kappa shape index (κ3) is 2.30. The lowest BCUT2D eigenvalue weighted by atomic mass is 9.92. The molecule has 0 amide bonds. The van der Waals surface area contributed by atoms with E-state index in [0.29, 0.717) is 5.57 Å². The van der Waals surface area contributed by atoms with Gasteiger partial charge in [-0.1, -0.05) is 23.8 Å². The molecule has 1 aliphatic rings. The van der Waals surface area contributed by atoms with E-state index in [0.717, 1.165) is 0 Å². The first-order chi connectivity index (χ1) is 6.68. The highest BCUT2D eigenvalue weighted by atomic mass is 35.5. The second-order valence-electron chi connectivity index (χ2n) is 3.51. The molecule has 0 aromatic heterocycles. The van der Waals surface area contributed by atoms with Crippen LogP contribution >= 0.6 is 11.6 Å². The SMILES string of the molecule is CC(=O)C1(Cl)C=C(C)C=CC1S(=O)(=O)O. The van der Waals surface area contributed by atoms with Gasteiger partial charge in [0, 0.05) is 0 Å². The average Bonchev–Trinajstić information content (AvgIpc) is 2.00. The van der Waals surface area contributed by atoms with Crippen molar-refractivity contribution in [2.75, 3.05) is 0 Å². The molecular weight excluding hydrogens is 240 g/mol. The van der Waals surface area contributed by atoms with E-state index in [2.05, 4.69) is 0 Å². The van der Waals surface area contributed by atoms with Crippen LogP contribution in [0.4, 0.5) is 0 Å². The first-order valence-corrected chi connectivity index (χ1v) is 6.10. The van der Waals surface area contributed by atoms with E-state index in [1.807, 2.05) is 0 Å². The molecule has 0 spiro atoms. The molecule has 1 aliphatic carbocycles. The molecule has 1 rings (SSSR count). The topological polar surface area (TPSA) is 71.4 Å². The van der Waals surface area contributed by atoms with Gasteiger partial charge in [-0.25, -0.2) is 0 Å². The fraction of sp³-hybridized carbons (Fsp3) is 0.444. The third-order valence-electron chi connectivity index (χ3n) is 2.25. The van der Waals surface area contributed by atoms with Gasteiger partial charge in [-0.2, -0.15) is 8.42 Å². The highest BCUT2D eigenvalue weighted by Crippen LogP contribution is 2.33. The fourth-order valence-electron chi connectivity index (χ4n) is 1.46.